The highest BCUT2D eigenvalue weighted by Gasteiger charge is 2.32. The molecule has 0 unspecified atom stereocenters. The van der Waals surface area contributed by atoms with Crippen LogP contribution in [0, 0.1) is 5.92 Å². The van der Waals surface area contributed by atoms with Crippen molar-refractivity contribution >= 4 is 5.91 Å². The van der Waals surface area contributed by atoms with Crippen molar-refractivity contribution in [3.05, 3.63) is 42.0 Å². The van der Waals surface area contributed by atoms with Crippen LogP contribution in [0.15, 0.2) is 30.7 Å². The smallest absolute Gasteiger partial charge is 0.251 e. The molecule has 2 aliphatic rings. The normalized spacial score (nSPS) is 22.4. The Bertz CT molecular complexity index is 804. The Balaban J connectivity index is 1.45. The van der Waals surface area contributed by atoms with Gasteiger partial charge < -0.3 is 19.4 Å². The van der Waals surface area contributed by atoms with Crippen LogP contribution in [0.1, 0.15) is 34.9 Å². The van der Waals surface area contributed by atoms with Gasteiger partial charge in [-0.1, -0.05) is 0 Å². The largest absolute Gasteiger partial charge is 0.454 e. The Hall–Kier alpha value is -2.54. The zero-order valence-electron chi connectivity index (χ0n) is 15.1. The van der Waals surface area contributed by atoms with Crippen molar-refractivity contribution in [3.8, 4) is 11.5 Å². The third kappa shape index (κ3) is 3.14. The molecule has 0 radical (unpaired) electrons. The van der Waals surface area contributed by atoms with Gasteiger partial charge in [-0.25, -0.2) is 4.98 Å². The lowest BCUT2D eigenvalue weighted by Gasteiger charge is -2.39. The standard InChI is InChI=1S/C19H24N4O3/c1-22-7-3-4-14(18(22)15-10-20-11-23(15)2)9-21-19(24)13-5-6-16-17(8-13)26-12-25-16/h5-6,8,10-11,14,18H,3-4,7,9,12H2,1-2H3,(H,21,24)/t14-,18+/m0/s1. The lowest BCUT2D eigenvalue weighted by atomic mass is 9.87. The summed E-state index contributed by atoms with van der Waals surface area (Å²) in [5.74, 6) is 1.58. The summed E-state index contributed by atoms with van der Waals surface area (Å²) in [6, 6.07) is 5.55. The molecule has 1 aromatic carbocycles. The van der Waals surface area contributed by atoms with Gasteiger partial charge in [0.2, 0.25) is 6.79 Å². The van der Waals surface area contributed by atoms with E-state index in [0.717, 1.165) is 19.4 Å². The summed E-state index contributed by atoms with van der Waals surface area (Å²) < 4.78 is 12.7. The maximum atomic E-state index is 12.6. The number of amides is 1. The maximum Gasteiger partial charge on any atom is 0.251 e. The fourth-order valence-electron chi connectivity index (χ4n) is 3.96. The quantitative estimate of drug-likeness (QED) is 0.907. The first-order chi connectivity index (χ1) is 12.6. The second-order valence-corrected chi connectivity index (χ2v) is 7.04. The minimum absolute atomic E-state index is 0.0831. The molecule has 2 aliphatic heterocycles. The number of benzene rings is 1. The Morgan fingerprint density at radius 2 is 2.15 bits per heavy atom. The van der Waals surface area contributed by atoms with E-state index in [1.165, 1.54) is 5.69 Å². The molecule has 2 atom stereocenters. The summed E-state index contributed by atoms with van der Waals surface area (Å²) in [5.41, 5.74) is 1.78. The Kier molecular flexibility index (Phi) is 4.55. The van der Waals surface area contributed by atoms with Gasteiger partial charge in [0.05, 0.1) is 18.1 Å². The lowest BCUT2D eigenvalue weighted by molar-refractivity contribution is 0.0881. The summed E-state index contributed by atoms with van der Waals surface area (Å²) in [6.07, 6.45) is 5.98. The van der Waals surface area contributed by atoms with Crippen molar-refractivity contribution in [3.63, 3.8) is 0 Å². The van der Waals surface area contributed by atoms with Gasteiger partial charge in [0, 0.05) is 25.4 Å². The summed E-state index contributed by atoms with van der Waals surface area (Å²) in [4.78, 5) is 19.2. The number of aryl methyl sites for hydroxylation is 1. The maximum absolute atomic E-state index is 12.6. The van der Waals surface area contributed by atoms with Gasteiger partial charge in [-0.2, -0.15) is 0 Å². The molecule has 7 nitrogen and oxygen atoms in total. The molecule has 1 amide bonds. The highest BCUT2D eigenvalue weighted by Crippen LogP contribution is 2.35. The van der Waals surface area contributed by atoms with Crippen LogP contribution < -0.4 is 14.8 Å². The van der Waals surface area contributed by atoms with Gasteiger partial charge in [0.1, 0.15) is 0 Å². The van der Waals surface area contributed by atoms with E-state index >= 15 is 0 Å². The molecule has 2 aromatic rings. The van der Waals surface area contributed by atoms with Crippen LogP contribution in [0.3, 0.4) is 0 Å². The molecule has 1 saturated heterocycles. The summed E-state index contributed by atoms with van der Waals surface area (Å²) in [5, 5.41) is 3.10. The summed E-state index contributed by atoms with van der Waals surface area (Å²) in [7, 11) is 4.16. The van der Waals surface area contributed by atoms with E-state index in [1.54, 1.807) is 18.2 Å². The number of aromatic nitrogens is 2. The Labute approximate surface area is 152 Å². The molecule has 1 aromatic heterocycles. The number of ether oxygens (including phenoxy) is 2. The highest BCUT2D eigenvalue weighted by atomic mass is 16.7. The van der Waals surface area contributed by atoms with Gasteiger partial charge in [0.15, 0.2) is 11.5 Å². The SMILES string of the molecule is CN1CCC[C@@H](CNC(=O)c2ccc3c(c2)OCO3)[C@@H]1c1cncn1C. The molecule has 138 valence electrons. The predicted octanol–water partition coefficient (Wildman–Crippen LogP) is 1.96. The van der Waals surface area contributed by atoms with E-state index in [0.29, 0.717) is 29.5 Å². The zero-order chi connectivity index (χ0) is 18.1. The van der Waals surface area contributed by atoms with Gasteiger partial charge >= 0.3 is 0 Å². The molecule has 3 heterocycles. The van der Waals surface area contributed by atoms with Gasteiger partial charge in [-0.3, -0.25) is 9.69 Å². The minimum Gasteiger partial charge on any atom is -0.454 e. The fraction of sp³-hybridized carbons (Fsp3) is 0.474. The van der Waals surface area contributed by atoms with Gasteiger partial charge in [0.25, 0.3) is 5.91 Å². The summed E-state index contributed by atoms with van der Waals surface area (Å²) >= 11 is 0. The van der Waals surface area contributed by atoms with Crippen LogP contribution in [0.25, 0.3) is 0 Å². The van der Waals surface area contributed by atoms with E-state index in [4.69, 9.17) is 9.47 Å². The average Bonchev–Trinajstić information content (AvgIpc) is 3.27. The molecule has 1 fully saturated rings. The molecule has 4 rings (SSSR count). The van der Waals surface area contributed by atoms with Crippen molar-refractivity contribution in [2.75, 3.05) is 26.9 Å². The van der Waals surface area contributed by atoms with Crippen molar-refractivity contribution in [1.82, 2.24) is 19.8 Å². The van der Waals surface area contributed by atoms with Crippen molar-refractivity contribution in [2.45, 2.75) is 18.9 Å². The van der Waals surface area contributed by atoms with Crippen LogP contribution in [-0.4, -0.2) is 47.3 Å². The number of fused-ring (bicyclic) bond motifs is 1. The summed E-state index contributed by atoms with van der Waals surface area (Å²) in [6.45, 7) is 1.90. The number of piperidine rings is 1. The number of likely N-dealkylation sites (tertiary alicyclic amines) is 1. The molecule has 26 heavy (non-hydrogen) atoms. The number of rotatable bonds is 4. The van der Waals surface area contributed by atoms with E-state index in [-0.39, 0.29) is 18.7 Å². The van der Waals surface area contributed by atoms with E-state index < -0.39 is 0 Å². The van der Waals surface area contributed by atoms with Crippen LogP contribution >= 0.6 is 0 Å². The number of nitrogens with one attached hydrogen (secondary N) is 1. The van der Waals surface area contributed by atoms with Crippen LogP contribution in [0.4, 0.5) is 0 Å². The first-order valence-electron chi connectivity index (χ1n) is 8.98. The van der Waals surface area contributed by atoms with Crippen molar-refractivity contribution in [2.24, 2.45) is 13.0 Å². The van der Waals surface area contributed by atoms with Crippen LogP contribution in [-0.2, 0) is 7.05 Å². The highest BCUT2D eigenvalue weighted by molar-refractivity contribution is 5.94. The second kappa shape index (κ2) is 6.99. The van der Waals surface area contributed by atoms with Crippen LogP contribution in [0.5, 0.6) is 11.5 Å². The topological polar surface area (TPSA) is 68.6 Å². The number of nitrogens with zero attached hydrogens (tertiary/aromatic N) is 3. The number of hydrogen-bond donors (Lipinski definition) is 1. The third-order valence-electron chi connectivity index (χ3n) is 5.32. The molecular formula is C19H24N4O3. The van der Waals surface area contributed by atoms with E-state index in [1.807, 2.05) is 19.6 Å². The average molecular weight is 356 g/mol. The molecule has 0 bridgehead atoms. The molecular weight excluding hydrogens is 332 g/mol. The minimum atomic E-state index is -0.0831. The number of carbonyl (C=O) groups is 1. The molecule has 0 saturated carbocycles. The number of hydrogen-bond acceptors (Lipinski definition) is 5. The first-order valence-corrected chi connectivity index (χ1v) is 8.98. The van der Waals surface area contributed by atoms with E-state index in [9.17, 15) is 4.79 Å². The molecule has 0 aliphatic carbocycles. The first kappa shape index (κ1) is 16.9. The lowest BCUT2D eigenvalue weighted by Crippen LogP contribution is -2.42. The van der Waals surface area contributed by atoms with Crippen molar-refractivity contribution < 1.29 is 14.3 Å². The second-order valence-electron chi connectivity index (χ2n) is 7.04. The van der Waals surface area contributed by atoms with Crippen molar-refractivity contribution in [1.29, 1.82) is 0 Å². The molecule has 0 spiro atoms. The Morgan fingerprint density at radius 1 is 1.31 bits per heavy atom. The van der Waals surface area contributed by atoms with Crippen LogP contribution in [0.2, 0.25) is 0 Å². The molecule has 7 heteroatoms. The monoisotopic (exact) mass is 356 g/mol. The van der Waals surface area contributed by atoms with Gasteiger partial charge in [-0.05, 0) is 50.6 Å². The number of imidazole rings is 1. The molecule has 1 N–H and O–H groups in total. The Morgan fingerprint density at radius 3 is 2.96 bits per heavy atom. The fourth-order valence-corrected chi connectivity index (χ4v) is 3.96. The van der Waals surface area contributed by atoms with Gasteiger partial charge in [-0.15, -0.1) is 0 Å². The van der Waals surface area contributed by atoms with E-state index in [2.05, 4.69) is 26.8 Å². The number of carbonyl (C=O) groups excluding carboxylic acids is 1. The third-order valence-corrected chi connectivity index (χ3v) is 5.32. The predicted molar refractivity (Wildman–Crippen MR) is 96.2 cm³/mol. The zero-order valence-corrected chi connectivity index (χ0v) is 15.1.